The number of hydrogen-bond acceptors (Lipinski definition) is 10. The van der Waals surface area contributed by atoms with Gasteiger partial charge in [0.25, 0.3) is 5.91 Å². The van der Waals surface area contributed by atoms with Crippen LogP contribution in [-0.2, 0) is 27.2 Å². The van der Waals surface area contributed by atoms with Gasteiger partial charge in [-0.3, -0.25) is 14.5 Å². The van der Waals surface area contributed by atoms with Crippen LogP contribution in [0.15, 0.2) is 68.9 Å². The first-order chi connectivity index (χ1) is 21.7. The molecular formula is C29H27N7O6S3. The number of fused-ring (bicyclic) bond motifs is 2. The van der Waals surface area contributed by atoms with Crippen molar-refractivity contribution < 1.29 is 24.3 Å². The molecule has 4 aromatic rings. The maximum Gasteiger partial charge on any atom is 0.352 e. The van der Waals surface area contributed by atoms with E-state index in [4.69, 9.17) is 0 Å². The van der Waals surface area contributed by atoms with Crippen LogP contribution in [0.3, 0.4) is 0 Å². The molecule has 1 saturated heterocycles. The Hall–Kier alpha value is -4.41. The highest BCUT2D eigenvalue weighted by molar-refractivity contribution is 8.01. The highest BCUT2D eigenvalue weighted by Gasteiger charge is 2.54. The standard InChI is InChI=1S/C29H27N7O6S3/c1-2-7-21-33-34-29(45-21)44-14-16-13-43-25-22(24(38)36(25)23(16)26(39)40)32-20(37)12-15-8-3-4-9-17(15)30-27(41)35-19-11-6-5-10-18(19)31-28(35)42/h3-6,8-11,22,25H,2,7,12-14H2,1H3,(H,30,41)(H,31,42)(H,32,37)(H,39,40)/t22?,25-/m1/s1. The van der Waals surface area contributed by atoms with Crippen molar-refractivity contribution in [1.82, 2.24) is 30.0 Å². The van der Waals surface area contributed by atoms with Crippen LogP contribution in [0.5, 0.6) is 0 Å². The van der Waals surface area contributed by atoms with Gasteiger partial charge in [0.1, 0.15) is 22.1 Å². The minimum atomic E-state index is -1.20. The first kappa shape index (κ1) is 30.6. The number of carboxylic acids is 1. The van der Waals surface area contributed by atoms with Crippen molar-refractivity contribution in [1.29, 1.82) is 0 Å². The van der Waals surface area contributed by atoms with E-state index in [0.29, 0.717) is 39.4 Å². The number of aliphatic carboxylic acids is 1. The van der Waals surface area contributed by atoms with Crippen molar-refractivity contribution in [3.8, 4) is 0 Å². The first-order valence-electron chi connectivity index (χ1n) is 14.0. The molecule has 2 aliphatic heterocycles. The summed E-state index contributed by atoms with van der Waals surface area (Å²) in [5.74, 6) is -1.42. The Balaban J connectivity index is 1.11. The monoisotopic (exact) mass is 665 g/mol. The molecule has 1 fully saturated rings. The molecule has 2 aromatic carbocycles. The predicted octanol–water partition coefficient (Wildman–Crippen LogP) is 3.29. The molecule has 232 valence electrons. The summed E-state index contributed by atoms with van der Waals surface area (Å²) in [4.78, 5) is 67.9. The second-order valence-electron chi connectivity index (χ2n) is 10.3. The highest BCUT2D eigenvalue weighted by atomic mass is 32.2. The van der Waals surface area contributed by atoms with Crippen molar-refractivity contribution in [2.24, 2.45) is 0 Å². The molecule has 6 rings (SSSR count). The van der Waals surface area contributed by atoms with Gasteiger partial charge < -0.3 is 20.7 Å². The number of aromatic nitrogens is 4. The lowest BCUT2D eigenvalue weighted by Gasteiger charge is -2.49. The number of nitrogens with zero attached hydrogens (tertiary/aromatic N) is 4. The van der Waals surface area contributed by atoms with Crippen LogP contribution in [0.1, 0.15) is 23.9 Å². The van der Waals surface area contributed by atoms with Crippen molar-refractivity contribution in [3.63, 3.8) is 0 Å². The first-order valence-corrected chi connectivity index (χ1v) is 16.8. The van der Waals surface area contributed by atoms with Gasteiger partial charge in [-0.05, 0) is 35.8 Å². The Morgan fingerprint density at radius 3 is 2.69 bits per heavy atom. The van der Waals surface area contributed by atoms with Crippen LogP contribution >= 0.6 is 34.9 Å². The quantitative estimate of drug-likeness (QED) is 0.145. The third-order valence-electron chi connectivity index (χ3n) is 7.25. The number of para-hydroxylation sites is 3. The van der Waals surface area contributed by atoms with Gasteiger partial charge in [-0.25, -0.2) is 19.0 Å². The lowest BCUT2D eigenvalue weighted by atomic mass is 10.0. The molecular weight excluding hydrogens is 639 g/mol. The van der Waals surface area contributed by atoms with Gasteiger partial charge in [0.05, 0.1) is 17.5 Å². The van der Waals surface area contributed by atoms with E-state index in [2.05, 4.69) is 32.7 Å². The average molecular weight is 666 g/mol. The molecule has 2 aromatic heterocycles. The minimum Gasteiger partial charge on any atom is -0.477 e. The number of amides is 3. The van der Waals surface area contributed by atoms with Gasteiger partial charge >= 0.3 is 17.7 Å². The molecule has 4 heterocycles. The summed E-state index contributed by atoms with van der Waals surface area (Å²) in [5.41, 5.74) is 1.68. The Labute approximate surface area is 268 Å². The smallest absolute Gasteiger partial charge is 0.352 e. The molecule has 1 unspecified atom stereocenters. The second-order valence-corrected chi connectivity index (χ2v) is 13.6. The fourth-order valence-corrected chi connectivity index (χ4v) is 8.66. The number of aryl methyl sites for hydroxylation is 1. The van der Waals surface area contributed by atoms with Crippen LogP contribution in [-0.4, -0.2) is 76.5 Å². The van der Waals surface area contributed by atoms with Gasteiger partial charge in [-0.1, -0.05) is 60.4 Å². The molecule has 45 heavy (non-hydrogen) atoms. The van der Waals surface area contributed by atoms with E-state index in [1.54, 1.807) is 48.5 Å². The van der Waals surface area contributed by atoms with E-state index in [1.807, 2.05) is 0 Å². The van der Waals surface area contributed by atoms with Gasteiger partial charge in [0.15, 0.2) is 4.34 Å². The molecule has 4 N–H and O–H groups in total. The minimum absolute atomic E-state index is 0.0550. The number of benzene rings is 2. The number of carboxylic acid groups (broad SMARTS) is 1. The topological polar surface area (TPSA) is 179 Å². The fourth-order valence-electron chi connectivity index (χ4n) is 5.18. The third kappa shape index (κ3) is 6.12. The van der Waals surface area contributed by atoms with Crippen LogP contribution in [0.4, 0.5) is 10.5 Å². The number of imidazole rings is 1. The molecule has 2 aliphatic rings. The summed E-state index contributed by atoms with van der Waals surface area (Å²) in [7, 11) is 0. The number of thioether (sulfide) groups is 2. The number of aromatic amines is 1. The summed E-state index contributed by atoms with van der Waals surface area (Å²) >= 11 is 4.27. The molecule has 0 bridgehead atoms. The molecule has 3 amide bonds. The molecule has 2 atom stereocenters. The van der Waals surface area contributed by atoms with Crippen molar-refractivity contribution in [2.75, 3.05) is 16.8 Å². The SMILES string of the molecule is CCCc1nnc(SCC2=C(C(=O)O)N3C(=O)C(NC(=O)Cc4ccccc4NC(=O)n4c(=O)[nH]c5ccccc54)[C@H]3SC2)s1. The van der Waals surface area contributed by atoms with Crippen molar-refractivity contribution in [3.05, 3.63) is 80.9 Å². The van der Waals surface area contributed by atoms with Gasteiger partial charge in [0.2, 0.25) is 5.91 Å². The fraction of sp³-hybridized carbons (Fsp3) is 0.276. The number of anilines is 1. The molecule has 0 saturated carbocycles. The largest absolute Gasteiger partial charge is 0.477 e. The molecule has 0 radical (unpaired) electrons. The van der Waals surface area contributed by atoms with E-state index in [-0.39, 0.29) is 12.1 Å². The van der Waals surface area contributed by atoms with Crippen LogP contribution in [0.2, 0.25) is 0 Å². The summed E-state index contributed by atoms with van der Waals surface area (Å²) in [6, 6.07) is 11.9. The highest BCUT2D eigenvalue weighted by Crippen LogP contribution is 2.42. The Bertz CT molecular complexity index is 1910. The Morgan fingerprint density at radius 1 is 1.11 bits per heavy atom. The second kappa shape index (κ2) is 12.9. The number of H-pyrrole nitrogens is 1. The number of nitrogens with one attached hydrogen (secondary N) is 3. The van der Waals surface area contributed by atoms with Crippen LogP contribution < -0.4 is 16.3 Å². The Kier molecular flexibility index (Phi) is 8.78. The molecule has 16 heteroatoms. The van der Waals surface area contributed by atoms with Crippen LogP contribution in [0, 0.1) is 0 Å². The normalized spacial score (nSPS) is 17.6. The van der Waals surface area contributed by atoms with Crippen molar-refractivity contribution >= 4 is 75.4 Å². The molecule has 13 nitrogen and oxygen atoms in total. The van der Waals surface area contributed by atoms with Crippen molar-refractivity contribution in [2.45, 2.75) is 41.9 Å². The van der Waals surface area contributed by atoms with Gasteiger partial charge in [-0.2, -0.15) is 0 Å². The van der Waals surface area contributed by atoms with E-state index in [0.717, 1.165) is 26.8 Å². The number of β-lactam (4-membered cyclic amide) rings is 1. The number of carbonyl (C=O) groups is 4. The number of rotatable bonds is 10. The average Bonchev–Trinajstić information content (AvgIpc) is 3.62. The third-order valence-corrected chi connectivity index (χ3v) is 10.8. The lowest BCUT2D eigenvalue weighted by molar-refractivity contribution is -0.150. The summed E-state index contributed by atoms with van der Waals surface area (Å²) in [6.07, 6.45) is 1.63. The van der Waals surface area contributed by atoms with Crippen LogP contribution in [0.25, 0.3) is 11.0 Å². The maximum absolute atomic E-state index is 13.2. The summed E-state index contributed by atoms with van der Waals surface area (Å²) in [6.45, 7) is 2.06. The predicted molar refractivity (Wildman–Crippen MR) is 171 cm³/mol. The zero-order valence-corrected chi connectivity index (χ0v) is 26.3. The molecule has 0 spiro atoms. The van der Waals surface area contributed by atoms with E-state index in [9.17, 15) is 29.1 Å². The molecule has 0 aliphatic carbocycles. The Morgan fingerprint density at radius 2 is 1.89 bits per heavy atom. The maximum atomic E-state index is 13.2. The van der Waals surface area contributed by atoms with E-state index < -0.39 is 40.9 Å². The number of hydrogen-bond donors (Lipinski definition) is 4. The lowest BCUT2D eigenvalue weighted by Crippen LogP contribution is -2.70. The van der Waals surface area contributed by atoms with Gasteiger partial charge in [-0.15, -0.1) is 22.0 Å². The summed E-state index contributed by atoms with van der Waals surface area (Å²) in [5, 5.41) is 24.1. The summed E-state index contributed by atoms with van der Waals surface area (Å²) < 4.78 is 1.72. The van der Waals surface area contributed by atoms with E-state index in [1.165, 1.54) is 39.8 Å². The number of carbonyl (C=O) groups excluding carboxylic acids is 3. The zero-order chi connectivity index (χ0) is 31.7. The zero-order valence-electron chi connectivity index (χ0n) is 23.8. The van der Waals surface area contributed by atoms with E-state index >= 15 is 0 Å². The van der Waals surface area contributed by atoms with Gasteiger partial charge in [0, 0.05) is 23.6 Å².